The lowest BCUT2D eigenvalue weighted by atomic mass is 9.76. The summed E-state index contributed by atoms with van der Waals surface area (Å²) in [7, 11) is 0. The van der Waals surface area contributed by atoms with E-state index in [1.807, 2.05) is 0 Å². The molecule has 0 nitrogen and oxygen atoms in total. The van der Waals surface area contributed by atoms with Gasteiger partial charge in [-0.3, -0.25) is 0 Å². The first-order valence-corrected chi connectivity index (χ1v) is 42.9. The fraction of sp³-hybridized carbons (Fsp3) is 0.0492. The van der Waals surface area contributed by atoms with E-state index in [0.29, 0.717) is 0 Å². The molecular weight excluding hydrogens is 1470 g/mol. The minimum Gasteiger partial charge on any atom is -0.0616 e. The van der Waals surface area contributed by atoms with Gasteiger partial charge < -0.3 is 0 Å². The summed E-state index contributed by atoms with van der Waals surface area (Å²) in [5, 5.41) is 28.4. The van der Waals surface area contributed by atoms with E-state index in [1.165, 1.54) is 252 Å². The number of benzene rings is 23. The zero-order valence-electron chi connectivity index (χ0n) is 68.4. The number of hydrogen-bond acceptors (Lipinski definition) is 0. The van der Waals surface area contributed by atoms with Crippen molar-refractivity contribution in [1.82, 2.24) is 0 Å². The fourth-order valence-corrected chi connectivity index (χ4v) is 22.2. The Hall–Kier alpha value is -15.1. The Bertz CT molecular complexity index is 8220. The molecule has 570 valence electrons. The zero-order chi connectivity index (χ0) is 81.1. The highest BCUT2D eigenvalue weighted by Crippen LogP contribution is 2.60. The predicted octanol–water partition coefficient (Wildman–Crippen LogP) is 34.0. The van der Waals surface area contributed by atoms with E-state index in [-0.39, 0.29) is 10.8 Å². The van der Waals surface area contributed by atoms with Gasteiger partial charge in [0.2, 0.25) is 0 Å². The van der Waals surface area contributed by atoms with Crippen LogP contribution >= 0.6 is 0 Å². The Kier molecular flexibility index (Phi) is 16.2. The van der Waals surface area contributed by atoms with E-state index in [4.69, 9.17) is 0 Å². The maximum atomic E-state index is 2.43. The van der Waals surface area contributed by atoms with Gasteiger partial charge in [0.25, 0.3) is 0 Å². The molecule has 0 radical (unpaired) electrons. The Morgan fingerprint density at radius 1 is 0.123 bits per heavy atom. The Balaban J connectivity index is 0.000000138. The van der Waals surface area contributed by atoms with Crippen LogP contribution in [0.2, 0.25) is 0 Å². The number of rotatable bonds is 8. The van der Waals surface area contributed by atoms with E-state index in [9.17, 15) is 0 Å². The van der Waals surface area contributed by atoms with Crippen LogP contribution in [-0.2, 0) is 10.8 Å². The summed E-state index contributed by atoms with van der Waals surface area (Å²) in [6, 6.07) is 158. The summed E-state index contributed by atoms with van der Waals surface area (Å²) in [4.78, 5) is 0. The van der Waals surface area contributed by atoms with Gasteiger partial charge in [0.05, 0.1) is 0 Å². The summed E-state index contributed by atoms with van der Waals surface area (Å²) in [5.41, 5.74) is 30.9. The molecule has 0 heterocycles. The van der Waals surface area contributed by atoms with Crippen molar-refractivity contribution in [3.8, 4) is 111 Å². The van der Waals surface area contributed by atoms with E-state index < -0.39 is 0 Å². The lowest BCUT2D eigenvalue weighted by molar-refractivity contribution is 0.668. The molecule has 0 saturated carbocycles. The molecule has 23 aromatic rings. The van der Waals surface area contributed by atoms with Crippen molar-refractivity contribution in [3.63, 3.8) is 0 Å². The molecule has 0 bridgehead atoms. The van der Waals surface area contributed by atoms with Crippen molar-refractivity contribution in [1.29, 1.82) is 0 Å². The fourth-order valence-electron chi connectivity index (χ4n) is 22.2. The van der Waals surface area contributed by atoms with Crippen LogP contribution in [0.1, 0.15) is 49.9 Å². The number of fused-ring (bicyclic) bond motifs is 24. The molecule has 2 aliphatic carbocycles. The molecule has 0 heteroatoms. The minimum atomic E-state index is -0.190. The van der Waals surface area contributed by atoms with Crippen LogP contribution in [0.25, 0.3) is 230 Å². The Morgan fingerprint density at radius 2 is 0.393 bits per heavy atom. The normalized spacial score (nSPS) is 13.0. The van der Waals surface area contributed by atoms with Crippen molar-refractivity contribution >= 4 is 118 Å². The van der Waals surface area contributed by atoms with E-state index >= 15 is 0 Å². The van der Waals surface area contributed by atoms with Gasteiger partial charge in [-0.1, -0.05) is 434 Å². The van der Waals surface area contributed by atoms with Crippen LogP contribution in [0.15, 0.2) is 425 Å². The Morgan fingerprint density at radius 3 is 0.803 bits per heavy atom. The van der Waals surface area contributed by atoms with Crippen LogP contribution in [0, 0.1) is 0 Å². The molecule has 2 aliphatic rings. The molecule has 122 heavy (non-hydrogen) atoms. The summed E-state index contributed by atoms with van der Waals surface area (Å²) >= 11 is 0. The Labute approximate surface area is 710 Å². The molecule has 0 saturated heterocycles. The van der Waals surface area contributed by atoms with Crippen LogP contribution < -0.4 is 0 Å². The molecule has 0 N–H and O–H groups in total. The first-order valence-electron chi connectivity index (χ1n) is 42.9. The molecule has 0 spiro atoms. The molecular formula is C122H82. The summed E-state index contributed by atoms with van der Waals surface area (Å²) in [6.07, 6.45) is 0. The van der Waals surface area contributed by atoms with E-state index in [1.54, 1.807) is 0 Å². The molecule has 0 atom stereocenters. The van der Waals surface area contributed by atoms with Gasteiger partial charge in [-0.25, -0.2) is 0 Å². The lowest BCUT2D eigenvalue weighted by Gasteiger charge is -2.26. The van der Waals surface area contributed by atoms with E-state index in [2.05, 4.69) is 452 Å². The molecule has 23 aromatic carbocycles. The third-order valence-electron chi connectivity index (χ3n) is 27.4. The van der Waals surface area contributed by atoms with Gasteiger partial charge in [-0.15, -0.1) is 0 Å². The first kappa shape index (κ1) is 71.1. The second-order valence-corrected chi connectivity index (χ2v) is 34.6. The SMILES string of the molecule is CC1(C)c2c(-c3ccc(-c4c5ccccc5c(-c5ccc(-c6ccc7ccccc7c6)cc5)c5ccccc45)cc3)cccc2-c2c1c1ccccc1c1ccccc21.CC1(C)c2c(-c3ccc(-c4c5ccccc5c(-c5cccc(-c6cc7ccccc7c7ccccc67)c5)c5ccccc45)cc3)cccc2-c2c1c1ccccc1c1ccccc21. The van der Waals surface area contributed by atoms with Crippen molar-refractivity contribution < 1.29 is 0 Å². The molecule has 0 aromatic heterocycles. The summed E-state index contributed by atoms with van der Waals surface area (Å²) < 4.78 is 0. The van der Waals surface area contributed by atoms with Crippen molar-refractivity contribution in [2.45, 2.75) is 38.5 Å². The number of hydrogen-bond donors (Lipinski definition) is 0. The molecule has 25 rings (SSSR count). The van der Waals surface area contributed by atoms with Gasteiger partial charge in [0.1, 0.15) is 0 Å². The second kappa shape index (κ2) is 27.8. The van der Waals surface area contributed by atoms with Crippen LogP contribution in [0.5, 0.6) is 0 Å². The largest absolute Gasteiger partial charge is 0.0616 e. The third kappa shape index (κ3) is 10.9. The monoisotopic (exact) mass is 1550 g/mol. The first-order chi connectivity index (χ1) is 60.1. The maximum absolute atomic E-state index is 2.43. The average molecular weight is 1550 g/mol. The lowest BCUT2D eigenvalue weighted by Crippen LogP contribution is -2.17. The average Bonchev–Trinajstić information content (AvgIpc) is 1.54. The zero-order valence-corrected chi connectivity index (χ0v) is 68.4. The van der Waals surface area contributed by atoms with Crippen LogP contribution in [0.4, 0.5) is 0 Å². The highest BCUT2D eigenvalue weighted by molar-refractivity contribution is 6.25. The topological polar surface area (TPSA) is 0 Å². The third-order valence-corrected chi connectivity index (χ3v) is 27.4. The van der Waals surface area contributed by atoms with Gasteiger partial charge in [0, 0.05) is 10.8 Å². The van der Waals surface area contributed by atoms with Gasteiger partial charge in [0.15, 0.2) is 0 Å². The minimum absolute atomic E-state index is 0.181. The van der Waals surface area contributed by atoms with Gasteiger partial charge >= 0.3 is 0 Å². The van der Waals surface area contributed by atoms with Crippen molar-refractivity contribution in [2.75, 3.05) is 0 Å². The van der Waals surface area contributed by atoms with Gasteiger partial charge in [-0.2, -0.15) is 0 Å². The van der Waals surface area contributed by atoms with Gasteiger partial charge in [-0.05, 0) is 270 Å². The molecule has 0 unspecified atom stereocenters. The van der Waals surface area contributed by atoms with Crippen LogP contribution in [-0.4, -0.2) is 0 Å². The molecule has 0 amide bonds. The summed E-state index contributed by atoms with van der Waals surface area (Å²) in [6.45, 7) is 9.70. The predicted molar refractivity (Wildman–Crippen MR) is 524 cm³/mol. The molecule has 0 fully saturated rings. The maximum Gasteiger partial charge on any atom is 0.0171 e. The standard InChI is InChI=1S/C63H42.C59H40/c1-63(2)61-45(31-16-32-56(61)60-50-25-9-7-22-47(50)48-23-8-14-30-55(48)62(60)63)39-33-35-40(36-34-39)58-51-26-10-12-28-53(51)59(54-29-13-11-27-52(54)58)43-19-15-18-41(37-43)57-38-42-17-3-4-20-44(42)46-21-5-6-24-49(46)57;1-59(2)57-44(24-13-25-53(57)56-47-18-7-5-16-45(47)46-17-6-12-23-52(46)58(56)59)39-29-33-41(34-30-39)55-50-21-10-8-19-48(50)54(49-20-9-11-22-51(49)55)40-31-26-38(27-32-40)43-35-28-37-14-3-4-15-42(37)36-43/h3-38H,1-2H3;3-36H,1-2H3. The second-order valence-electron chi connectivity index (χ2n) is 34.6. The van der Waals surface area contributed by atoms with Crippen molar-refractivity contribution in [2.24, 2.45) is 0 Å². The highest BCUT2D eigenvalue weighted by atomic mass is 14.4. The summed E-state index contributed by atoms with van der Waals surface area (Å²) in [5.74, 6) is 0. The van der Waals surface area contributed by atoms with Crippen molar-refractivity contribution in [3.05, 3.63) is 447 Å². The molecule has 0 aliphatic heterocycles. The van der Waals surface area contributed by atoms with E-state index in [0.717, 1.165) is 0 Å². The smallest absolute Gasteiger partial charge is 0.0171 e. The highest BCUT2D eigenvalue weighted by Gasteiger charge is 2.42. The quantitative estimate of drug-likeness (QED) is 0.105. The van der Waals surface area contributed by atoms with Crippen LogP contribution in [0.3, 0.4) is 0 Å².